The van der Waals surface area contributed by atoms with E-state index in [1.165, 1.54) is 56.0 Å². The Morgan fingerprint density at radius 1 is 0.800 bits per heavy atom. The second-order valence-corrected chi connectivity index (χ2v) is 7.81. The molecule has 0 saturated carbocycles. The van der Waals surface area contributed by atoms with Crippen molar-refractivity contribution in [3.8, 4) is 11.1 Å². The average Bonchev–Trinajstić information content (AvgIpc) is 3.29. The van der Waals surface area contributed by atoms with Crippen LogP contribution in [0, 0.1) is 6.92 Å². The van der Waals surface area contributed by atoms with Gasteiger partial charge in [-0.2, -0.15) is 0 Å². The number of benzene rings is 3. The number of aromatic nitrogens is 1. The van der Waals surface area contributed by atoms with E-state index < -0.39 is 0 Å². The molecule has 0 aliphatic rings. The molecule has 0 bridgehead atoms. The molecule has 0 aliphatic heterocycles. The fraction of sp³-hybridized carbons (Fsp3) is 0.172. The van der Waals surface area contributed by atoms with Crippen LogP contribution in [-0.4, -0.2) is 4.40 Å². The van der Waals surface area contributed by atoms with E-state index in [0.29, 0.717) is 0 Å². The zero-order valence-electron chi connectivity index (χ0n) is 18.3. The summed E-state index contributed by atoms with van der Waals surface area (Å²) in [5, 5.41) is 3.93. The molecule has 1 nitrogen and oxygen atoms in total. The zero-order valence-corrected chi connectivity index (χ0v) is 18.3. The smallest absolute Gasteiger partial charge is 0.0619 e. The minimum atomic E-state index is 1.22. The predicted octanol–water partition coefficient (Wildman–Crippen LogP) is 8.66. The van der Waals surface area contributed by atoms with E-state index in [1.54, 1.807) is 0 Å². The Morgan fingerprint density at radius 2 is 1.47 bits per heavy atom. The van der Waals surface area contributed by atoms with Gasteiger partial charge in [0.1, 0.15) is 0 Å². The molecule has 2 aromatic heterocycles. The summed E-state index contributed by atoms with van der Waals surface area (Å²) in [6.45, 7) is 8.43. The summed E-state index contributed by atoms with van der Waals surface area (Å²) in [5.74, 6) is 0. The second kappa shape index (κ2) is 8.59. The fourth-order valence-electron chi connectivity index (χ4n) is 4.09. The molecule has 5 aromatic rings. The highest BCUT2D eigenvalue weighted by molar-refractivity contribution is 6.18. The van der Waals surface area contributed by atoms with E-state index in [1.807, 2.05) is 6.92 Å². The van der Waals surface area contributed by atoms with E-state index >= 15 is 0 Å². The first kappa shape index (κ1) is 20.0. The molecule has 1 heteroatoms. The number of allylic oxidation sites excluding steroid dienone is 3. The first-order valence-electron chi connectivity index (χ1n) is 10.8. The van der Waals surface area contributed by atoms with Gasteiger partial charge >= 0.3 is 0 Å². The number of nitrogens with zero attached hydrogens (tertiary/aromatic N) is 1. The number of fused-ring (bicyclic) bond motifs is 3. The summed E-state index contributed by atoms with van der Waals surface area (Å²) >= 11 is 0. The molecule has 0 radical (unpaired) electrons. The molecule has 0 N–H and O–H groups in total. The number of para-hydroxylation sites is 2. The Hall–Kier alpha value is -3.32. The third kappa shape index (κ3) is 3.41. The van der Waals surface area contributed by atoms with Gasteiger partial charge in [-0.1, -0.05) is 105 Å². The predicted molar refractivity (Wildman–Crippen MR) is 134 cm³/mol. The normalized spacial score (nSPS) is 11.9. The Balaban J connectivity index is 0.000000687. The Labute approximate surface area is 179 Å². The van der Waals surface area contributed by atoms with E-state index in [-0.39, 0.29) is 0 Å². The maximum Gasteiger partial charge on any atom is 0.0619 e. The molecule has 0 amide bonds. The van der Waals surface area contributed by atoms with Crippen LogP contribution in [-0.2, 0) is 0 Å². The van der Waals surface area contributed by atoms with Crippen LogP contribution in [0.1, 0.15) is 38.4 Å². The van der Waals surface area contributed by atoms with Crippen LogP contribution in [0.5, 0.6) is 0 Å². The second-order valence-electron chi connectivity index (χ2n) is 7.81. The van der Waals surface area contributed by atoms with Crippen LogP contribution in [0.4, 0.5) is 0 Å². The maximum absolute atomic E-state index is 2.43. The SMILES string of the molecule is C/C=C\C=C/c1cc2cccc3c4cccc(-c5ccc(C)cc5)c4n1c23.CCC. The summed E-state index contributed by atoms with van der Waals surface area (Å²) in [7, 11) is 0. The number of rotatable bonds is 3. The summed E-state index contributed by atoms with van der Waals surface area (Å²) in [4.78, 5) is 0. The van der Waals surface area contributed by atoms with E-state index in [9.17, 15) is 0 Å². The molecule has 0 fully saturated rings. The molecule has 5 rings (SSSR count). The first-order valence-corrected chi connectivity index (χ1v) is 10.8. The molecule has 0 unspecified atom stereocenters. The van der Waals surface area contributed by atoms with Crippen LogP contribution in [0.2, 0.25) is 0 Å². The first-order chi connectivity index (χ1) is 14.7. The molecule has 0 saturated heterocycles. The van der Waals surface area contributed by atoms with Gasteiger partial charge in [0, 0.05) is 27.4 Å². The average molecular weight is 392 g/mol. The molecule has 2 heterocycles. The molecule has 0 aliphatic carbocycles. The van der Waals surface area contributed by atoms with E-state index in [2.05, 4.69) is 116 Å². The van der Waals surface area contributed by atoms with Crippen molar-refractivity contribution >= 4 is 33.3 Å². The van der Waals surface area contributed by atoms with Crippen LogP contribution in [0.3, 0.4) is 0 Å². The molecule has 0 atom stereocenters. The highest BCUT2D eigenvalue weighted by Crippen LogP contribution is 2.39. The fourth-order valence-corrected chi connectivity index (χ4v) is 4.09. The lowest BCUT2D eigenvalue weighted by Crippen LogP contribution is -1.88. The van der Waals surface area contributed by atoms with Crippen molar-refractivity contribution in [1.29, 1.82) is 0 Å². The van der Waals surface area contributed by atoms with Crippen molar-refractivity contribution in [2.45, 2.75) is 34.1 Å². The molecule has 150 valence electrons. The number of hydrogen-bond acceptors (Lipinski definition) is 0. The quantitative estimate of drug-likeness (QED) is 0.271. The number of aryl methyl sites for hydroxylation is 1. The lowest BCUT2D eigenvalue weighted by atomic mass is 10.0. The lowest BCUT2D eigenvalue weighted by Gasteiger charge is -2.07. The van der Waals surface area contributed by atoms with Crippen LogP contribution >= 0.6 is 0 Å². The van der Waals surface area contributed by atoms with Gasteiger partial charge < -0.3 is 4.40 Å². The third-order valence-electron chi connectivity index (χ3n) is 5.34. The van der Waals surface area contributed by atoms with Crippen LogP contribution in [0.25, 0.3) is 44.4 Å². The van der Waals surface area contributed by atoms with Gasteiger partial charge in [-0.25, -0.2) is 0 Å². The largest absolute Gasteiger partial charge is 0.308 e. The summed E-state index contributed by atoms with van der Waals surface area (Å²) in [6, 6.07) is 24.4. The van der Waals surface area contributed by atoms with Gasteiger partial charge in [-0.3, -0.25) is 0 Å². The highest BCUT2D eigenvalue weighted by atomic mass is 14.9. The standard InChI is InChI=1S/C26H21N.C3H8/c1-3-4-5-9-21-17-20-8-6-11-23-24-12-7-10-22(26(24)27(21)25(20)23)19-15-13-18(2)14-16-19;1-3-2/h3-17H,1-2H3;3H2,1-2H3/b4-3-,9-5-;. The monoisotopic (exact) mass is 391 g/mol. The van der Waals surface area contributed by atoms with Crippen molar-refractivity contribution in [1.82, 2.24) is 4.40 Å². The topological polar surface area (TPSA) is 4.41 Å². The van der Waals surface area contributed by atoms with Crippen LogP contribution < -0.4 is 0 Å². The van der Waals surface area contributed by atoms with Gasteiger partial charge in [0.25, 0.3) is 0 Å². The molecule has 0 spiro atoms. The maximum atomic E-state index is 2.43. The number of hydrogen-bond donors (Lipinski definition) is 0. The molecular formula is C29H29N. The minimum Gasteiger partial charge on any atom is -0.308 e. The summed E-state index contributed by atoms with van der Waals surface area (Å²) < 4.78 is 2.43. The Morgan fingerprint density at radius 3 is 2.17 bits per heavy atom. The van der Waals surface area contributed by atoms with Crippen molar-refractivity contribution in [3.63, 3.8) is 0 Å². The minimum absolute atomic E-state index is 1.22. The third-order valence-corrected chi connectivity index (χ3v) is 5.34. The zero-order chi connectivity index (χ0) is 21.1. The van der Waals surface area contributed by atoms with Crippen LogP contribution in [0.15, 0.2) is 85.0 Å². The van der Waals surface area contributed by atoms with Gasteiger partial charge in [0.05, 0.1) is 11.0 Å². The van der Waals surface area contributed by atoms with E-state index in [0.717, 1.165) is 0 Å². The Kier molecular flexibility index (Phi) is 5.72. The van der Waals surface area contributed by atoms with Crippen molar-refractivity contribution in [3.05, 3.63) is 96.2 Å². The molecule has 30 heavy (non-hydrogen) atoms. The van der Waals surface area contributed by atoms with E-state index in [4.69, 9.17) is 0 Å². The summed E-state index contributed by atoms with van der Waals surface area (Å²) in [6.07, 6.45) is 9.70. The lowest BCUT2D eigenvalue weighted by molar-refractivity contribution is 1.09. The molecular weight excluding hydrogens is 362 g/mol. The van der Waals surface area contributed by atoms with Gasteiger partial charge in [0.2, 0.25) is 0 Å². The van der Waals surface area contributed by atoms with Gasteiger partial charge in [0.15, 0.2) is 0 Å². The van der Waals surface area contributed by atoms with Gasteiger partial charge in [-0.15, -0.1) is 0 Å². The van der Waals surface area contributed by atoms with Crippen molar-refractivity contribution in [2.24, 2.45) is 0 Å². The van der Waals surface area contributed by atoms with Crippen molar-refractivity contribution < 1.29 is 0 Å². The van der Waals surface area contributed by atoms with Crippen molar-refractivity contribution in [2.75, 3.05) is 0 Å². The highest BCUT2D eigenvalue weighted by Gasteiger charge is 2.17. The Bertz CT molecular complexity index is 1330. The van der Waals surface area contributed by atoms with Gasteiger partial charge in [-0.05, 0) is 31.6 Å². The molecule has 3 aromatic carbocycles. The summed E-state index contributed by atoms with van der Waals surface area (Å²) in [5.41, 5.74) is 7.64.